The molecule has 0 radical (unpaired) electrons. The fourth-order valence-corrected chi connectivity index (χ4v) is 2.49. The molecule has 3 rings (SSSR count). The first-order chi connectivity index (χ1) is 14.7. The van der Waals surface area contributed by atoms with Gasteiger partial charge in [-0.15, -0.1) is 0 Å². The van der Waals surface area contributed by atoms with Crippen LogP contribution in [0.2, 0.25) is 5.02 Å². The van der Waals surface area contributed by atoms with Gasteiger partial charge < -0.3 is 20.3 Å². The molecule has 1 amide bonds. The number of esters is 1. The Labute approximate surface area is 185 Å². The van der Waals surface area contributed by atoms with Crippen LogP contribution in [0.4, 0.5) is 16.2 Å². The number of benzene rings is 3. The highest BCUT2D eigenvalue weighted by atomic mass is 35.5. The zero-order chi connectivity index (χ0) is 22.8. The number of para-hydroxylation sites is 1. The molecule has 3 aromatic carbocycles. The number of nitrogens with two attached hydrogens (primary N) is 1. The highest BCUT2D eigenvalue weighted by Crippen LogP contribution is 2.22. The number of nitrogens with one attached hydrogen (secondary N) is 1. The molecule has 0 aliphatic carbocycles. The van der Waals surface area contributed by atoms with Gasteiger partial charge in [0.2, 0.25) is 0 Å². The van der Waals surface area contributed by atoms with E-state index in [0.717, 1.165) is 0 Å². The van der Waals surface area contributed by atoms with Crippen molar-refractivity contribution in [2.24, 2.45) is 0 Å². The second-order valence-corrected chi connectivity index (χ2v) is 7.01. The van der Waals surface area contributed by atoms with Crippen molar-refractivity contribution in [3.8, 4) is 11.5 Å². The lowest BCUT2D eigenvalue weighted by molar-refractivity contribution is 0.0731. The van der Waals surface area contributed by atoms with Gasteiger partial charge in [-0.3, -0.25) is 5.32 Å². The molecular formula is C23H23ClN2O5. The molecule has 0 heterocycles. The number of amides is 1. The summed E-state index contributed by atoms with van der Waals surface area (Å²) in [6.45, 7) is 3.58. The summed E-state index contributed by atoms with van der Waals surface area (Å²) in [5.41, 5.74) is 6.57. The lowest BCUT2D eigenvalue weighted by Crippen LogP contribution is -2.17. The second kappa shape index (κ2) is 11.5. The van der Waals surface area contributed by atoms with Crippen molar-refractivity contribution in [3.05, 3.63) is 83.4 Å². The number of ether oxygens (including phenoxy) is 2. The number of halogens is 1. The number of aromatic hydroxyl groups is 1. The van der Waals surface area contributed by atoms with Crippen LogP contribution in [0.5, 0.6) is 11.5 Å². The van der Waals surface area contributed by atoms with Crippen molar-refractivity contribution in [1.29, 1.82) is 0 Å². The van der Waals surface area contributed by atoms with E-state index in [1.807, 2.05) is 6.07 Å². The summed E-state index contributed by atoms with van der Waals surface area (Å²) in [6, 6.07) is 19.8. The first-order valence-corrected chi connectivity index (χ1v) is 9.71. The van der Waals surface area contributed by atoms with E-state index in [1.165, 1.54) is 18.2 Å². The molecule has 8 heteroatoms. The van der Waals surface area contributed by atoms with Crippen LogP contribution in [0.15, 0.2) is 72.8 Å². The van der Waals surface area contributed by atoms with Crippen LogP contribution in [-0.2, 0) is 4.74 Å². The number of phenols is 1. The predicted molar refractivity (Wildman–Crippen MR) is 121 cm³/mol. The SMILES string of the molecule is CC(C)OC(=O)Nc1cccc(Cl)c1.Nc1ccc(C(=O)Oc2ccccc2)c(O)c1. The van der Waals surface area contributed by atoms with E-state index in [1.54, 1.807) is 62.4 Å². The normalized spacial score (nSPS) is 9.94. The average molecular weight is 443 g/mol. The molecule has 0 atom stereocenters. The molecule has 0 spiro atoms. The zero-order valence-electron chi connectivity index (χ0n) is 17.0. The minimum absolute atomic E-state index is 0.0862. The molecule has 31 heavy (non-hydrogen) atoms. The molecule has 0 aromatic heterocycles. The van der Waals surface area contributed by atoms with Crippen molar-refractivity contribution in [2.45, 2.75) is 20.0 Å². The Hall–Kier alpha value is -3.71. The summed E-state index contributed by atoms with van der Waals surface area (Å²) in [7, 11) is 0. The monoisotopic (exact) mass is 442 g/mol. The Morgan fingerprint density at radius 3 is 2.32 bits per heavy atom. The highest BCUT2D eigenvalue weighted by Gasteiger charge is 2.13. The Bertz CT molecular complexity index is 1030. The summed E-state index contributed by atoms with van der Waals surface area (Å²) < 4.78 is 9.98. The van der Waals surface area contributed by atoms with E-state index < -0.39 is 12.1 Å². The van der Waals surface area contributed by atoms with Gasteiger partial charge in [0.05, 0.1) is 6.10 Å². The van der Waals surface area contributed by atoms with Gasteiger partial charge >= 0.3 is 12.1 Å². The molecule has 0 unspecified atom stereocenters. The molecule has 4 N–H and O–H groups in total. The smallest absolute Gasteiger partial charge is 0.411 e. The molecule has 0 aliphatic rings. The molecule has 3 aromatic rings. The topological polar surface area (TPSA) is 111 Å². The van der Waals surface area contributed by atoms with Crippen LogP contribution in [-0.4, -0.2) is 23.3 Å². The Morgan fingerprint density at radius 1 is 1.00 bits per heavy atom. The maximum Gasteiger partial charge on any atom is 0.411 e. The molecular weight excluding hydrogens is 420 g/mol. The van der Waals surface area contributed by atoms with E-state index in [0.29, 0.717) is 22.1 Å². The standard InChI is InChI=1S/C13H11NO3.C10H12ClNO2/c14-9-6-7-11(12(15)8-9)13(16)17-10-4-2-1-3-5-10;1-7(2)14-10(13)12-9-5-3-4-8(11)6-9/h1-8,15H,14H2;3-7H,1-2H3,(H,12,13). The van der Waals surface area contributed by atoms with Gasteiger partial charge in [-0.05, 0) is 56.3 Å². The number of hydrogen-bond acceptors (Lipinski definition) is 6. The number of anilines is 2. The Morgan fingerprint density at radius 2 is 1.71 bits per heavy atom. The van der Waals surface area contributed by atoms with Crippen molar-refractivity contribution in [3.63, 3.8) is 0 Å². The van der Waals surface area contributed by atoms with Crippen LogP contribution in [0.3, 0.4) is 0 Å². The van der Waals surface area contributed by atoms with Crippen molar-refractivity contribution in [2.75, 3.05) is 11.1 Å². The lowest BCUT2D eigenvalue weighted by Gasteiger charge is -2.09. The molecule has 7 nitrogen and oxygen atoms in total. The van der Waals surface area contributed by atoms with E-state index in [4.69, 9.17) is 26.8 Å². The quantitative estimate of drug-likeness (QED) is 0.280. The van der Waals surface area contributed by atoms with Crippen LogP contribution in [0.1, 0.15) is 24.2 Å². The molecule has 0 fully saturated rings. The summed E-state index contributed by atoms with van der Waals surface area (Å²) in [5.74, 6) is -0.381. The summed E-state index contributed by atoms with van der Waals surface area (Å²) in [4.78, 5) is 22.9. The molecule has 0 saturated heterocycles. The van der Waals surface area contributed by atoms with Crippen LogP contribution >= 0.6 is 11.6 Å². The molecule has 0 saturated carbocycles. The van der Waals surface area contributed by atoms with Gasteiger partial charge in [-0.2, -0.15) is 0 Å². The maximum atomic E-state index is 11.7. The third-order valence-electron chi connectivity index (χ3n) is 3.61. The van der Waals surface area contributed by atoms with E-state index in [2.05, 4.69) is 5.32 Å². The summed E-state index contributed by atoms with van der Waals surface area (Å²) in [6.07, 6.45) is -0.601. The summed E-state index contributed by atoms with van der Waals surface area (Å²) in [5, 5.41) is 12.7. The van der Waals surface area contributed by atoms with Crippen molar-refractivity contribution < 1.29 is 24.2 Å². The highest BCUT2D eigenvalue weighted by molar-refractivity contribution is 6.30. The lowest BCUT2D eigenvalue weighted by atomic mass is 10.2. The van der Waals surface area contributed by atoms with Crippen LogP contribution in [0.25, 0.3) is 0 Å². The van der Waals surface area contributed by atoms with E-state index in [-0.39, 0.29) is 17.4 Å². The molecule has 162 valence electrons. The van der Waals surface area contributed by atoms with Gasteiger partial charge in [-0.25, -0.2) is 9.59 Å². The molecule has 0 bridgehead atoms. The Balaban J connectivity index is 0.000000225. The van der Waals surface area contributed by atoms with Gasteiger partial charge in [0.15, 0.2) is 0 Å². The van der Waals surface area contributed by atoms with Crippen LogP contribution in [0, 0.1) is 0 Å². The number of phenolic OH excluding ortho intramolecular Hbond substituents is 1. The number of carbonyl (C=O) groups is 2. The minimum atomic E-state index is -0.617. The third-order valence-corrected chi connectivity index (χ3v) is 3.84. The maximum absolute atomic E-state index is 11.7. The Kier molecular flexibility index (Phi) is 8.72. The van der Waals surface area contributed by atoms with Gasteiger partial charge in [0, 0.05) is 22.5 Å². The second-order valence-electron chi connectivity index (χ2n) is 6.57. The average Bonchev–Trinajstić information content (AvgIpc) is 2.68. The summed E-state index contributed by atoms with van der Waals surface area (Å²) >= 11 is 5.74. The largest absolute Gasteiger partial charge is 0.507 e. The fraction of sp³-hybridized carbons (Fsp3) is 0.130. The first-order valence-electron chi connectivity index (χ1n) is 9.33. The van der Waals surface area contributed by atoms with E-state index in [9.17, 15) is 14.7 Å². The van der Waals surface area contributed by atoms with Crippen molar-refractivity contribution >= 4 is 35.0 Å². The third kappa shape index (κ3) is 8.28. The number of nitrogen functional groups attached to an aromatic ring is 1. The van der Waals surface area contributed by atoms with Gasteiger partial charge in [0.1, 0.15) is 17.1 Å². The number of carbonyl (C=O) groups excluding carboxylic acids is 2. The van der Waals surface area contributed by atoms with Gasteiger partial charge in [0.25, 0.3) is 0 Å². The predicted octanol–water partition coefficient (Wildman–Crippen LogP) is 5.49. The minimum Gasteiger partial charge on any atom is -0.507 e. The van der Waals surface area contributed by atoms with Crippen molar-refractivity contribution in [1.82, 2.24) is 0 Å². The van der Waals surface area contributed by atoms with Crippen LogP contribution < -0.4 is 15.8 Å². The fourth-order valence-electron chi connectivity index (χ4n) is 2.30. The molecule has 0 aliphatic heterocycles. The zero-order valence-corrected chi connectivity index (χ0v) is 17.8. The van der Waals surface area contributed by atoms with E-state index >= 15 is 0 Å². The number of rotatable bonds is 4. The number of hydrogen-bond donors (Lipinski definition) is 3. The first kappa shape index (κ1) is 23.6. The van der Waals surface area contributed by atoms with Gasteiger partial charge in [-0.1, -0.05) is 35.9 Å².